The molecule has 0 spiro atoms. The Labute approximate surface area is 211 Å². The van der Waals surface area contributed by atoms with Crippen LogP contribution in [-0.4, -0.2) is 29.3 Å². The lowest BCUT2D eigenvalue weighted by Crippen LogP contribution is -2.47. The molecule has 0 aliphatic heterocycles. The molecular formula is C29H34FN3O3. The van der Waals surface area contributed by atoms with Crippen molar-refractivity contribution in [2.45, 2.75) is 64.6 Å². The van der Waals surface area contributed by atoms with Crippen molar-refractivity contribution in [1.82, 2.24) is 16.0 Å². The fourth-order valence-electron chi connectivity index (χ4n) is 3.97. The molecule has 0 radical (unpaired) electrons. The van der Waals surface area contributed by atoms with Gasteiger partial charge in [0.1, 0.15) is 11.9 Å². The predicted octanol–water partition coefficient (Wildman–Crippen LogP) is 4.41. The highest BCUT2D eigenvalue weighted by atomic mass is 19.1. The van der Waals surface area contributed by atoms with Gasteiger partial charge in [-0.15, -0.1) is 0 Å². The highest BCUT2D eigenvalue weighted by Crippen LogP contribution is 2.18. The molecule has 3 N–H and O–H groups in total. The Kier molecular flexibility index (Phi) is 9.17. The number of hydrogen-bond donors (Lipinski definition) is 3. The number of amides is 3. The van der Waals surface area contributed by atoms with Gasteiger partial charge in [-0.1, -0.05) is 54.6 Å². The third-order valence-electron chi connectivity index (χ3n) is 5.66. The molecule has 3 amide bonds. The average Bonchev–Trinajstić information content (AvgIpc) is 2.82. The summed E-state index contributed by atoms with van der Waals surface area (Å²) < 4.78 is 13.4. The number of halogens is 1. The van der Waals surface area contributed by atoms with Gasteiger partial charge >= 0.3 is 0 Å². The quantitative estimate of drug-likeness (QED) is 0.393. The zero-order valence-corrected chi connectivity index (χ0v) is 21.1. The van der Waals surface area contributed by atoms with Gasteiger partial charge < -0.3 is 16.0 Å². The van der Waals surface area contributed by atoms with Crippen molar-refractivity contribution in [1.29, 1.82) is 0 Å². The summed E-state index contributed by atoms with van der Waals surface area (Å²) in [5, 5.41) is 10.7. The predicted molar refractivity (Wildman–Crippen MR) is 140 cm³/mol. The zero-order valence-electron chi connectivity index (χ0n) is 21.1. The van der Waals surface area contributed by atoms with E-state index in [0.717, 1.165) is 21.9 Å². The van der Waals surface area contributed by atoms with Crippen molar-refractivity contribution in [2.75, 3.05) is 0 Å². The van der Waals surface area contributed by atoms with E-state index in [2.05, 4.69) is 16.0 Å². The molecule has 3 aromatic carbocycles. The van der Waals surface area contributed by atoms with E-state index in [-0.39, 0.29) is 48.3 Å². The van der Waals surface area contributed by atoms with E-state index < -0.39 is 6.04 Å². The van der Waals surface area contributed by atoms with Crippen LogP contribution in [0.3, 0.4) is 0 Å². The first-order chi connectivity index (χ1) is 17.1. The fraction of sp³-hybridized carbons (Fsp3) is 0.345. The Hall–Kier alpha value is -3.74. The van der Waals surface area contributed by atoms with E-state index in [1.165, 1.54) is 12.1 Å². The largest absolute Gasteiger partial charge is 0.352 e. The topological polar surface area (TPSA) is 87.3 Å². The third-order valence-corrected chi connectivity index (χ3v) is 5.66. The van der Waals surface area contributed by atoms with Crippen LogP contribution in [0.2, 0.25) is 0 Å². The lowest BCUT2D eigenvalue weighted by molar-refractivity contribution is -0.129. The molecule has 3 aromatic rings. The summed E-state index contributed by atoms with van der Waals surface area (Å²) in [6, 6.07) is 18.9. The molecule has 0 saturated heterocycles. The molecule has 3 rings (SSSR count). The normalized spacial score (nSPS) is 12.1. The van der Waals surface area contributed by atoms with Crippen LogP contribution in [0.4, 0.5) is 4.39 Å². The maximum absolute atomic E-state index is 13.4. The van der Waals surface area contributed by atoms with Crippen LogP contribution in [0.15, 0.2) is 66.7 Å². The maximum atomic E-state index is 13.4. The smallest absolute Gasteiger partial charge is 0.243 e. The van der Waals surface area contributed by atoms with Crippen LogP contribution in [0.1, 0.15) is 51.2 Å². The van der Waals surface area contributed by atoms with Gasteiger partial charge in [-0.05, 0) is 61.2 Å². The van der Waals surface area contributed by atoms with Crippen molar-refractivity contribution < 1.29 is 18.8 Å². The van der Waals surface area contributed by atoms with E-state index in [1.54, 1.807) is 12.1 Å². The summed E-state index contributed by atoms with van der Waals surface area (Å²) in [7, 11) is 0. The number of fused-ring (bicyclic) bond motifs is 1. The Morgan fingerprint density at radius 1 is 0.861 bits per heavy atom. The van der Waals surface area contributed by atoms with E-state index in [0.29, 0.717) is 13.0 Å². The summed E-state index contributed by atoms with van der Waals surface area (Å²) in [4.78, 5) is 37.8. The average molecular weight is 492 g/mol. The van der Waals surface area contributed by atoms with Gasteiger partial charge in [-0.2, -0.15) is 0 Å². The summed E-state index contributed by atoms with van der Waals surface area (Å²) in [5.41, 5.74) is 1.37. The second kappa shape index (κ2) is 12.3. The highest BCUT2D eigenvalue weighted by molar-refractivity contribution is 5.89. The molecule has 7 heteroatoms. The Morgan fingerprint density at radius 2 is 1.53 bits per heavy atom. The number of carbonyl (C=O) groups excluding carboxylic acids is 3. The van der Waals surface area contributed by atoms with Gasteiger partial charge in [0, 0.05) is 31.3 Å². The highest BCUT2D eigenvalue weighted by Gasteiger charge is 2.22. The molecule has 36 heavy (non-hydrogen) atoms. The van der Waals surface area contributed by atoms with E-state index in [4.69, 9.17) is 0 Å². The lowest BCUT2D eigenvalue weighted by atomic mass is 10.0. The van der Waals surface area contributed by atoms with Gasteiger partial charge in [-0.3, -0.25) is 14.4 Å². The Bertz CT molecular complexity index is 1200. The molecule has 0 aromatic heterocycles. The zero-order chi connectivity index (χ0) is 26.1. The Balaban J connectivity index is 1.63. The van der Waals surface area contributed by atoms with Crippen molar-refractivity contribution in [3.05, 3.63) is 83.7 Å². The molecule has 6 nitrogen and oxygen atoms in total. The van der Waals surface area contributed by atoms with Crippen LogP contribution < -0.4 is 16.0 Å². The van der Waals surface area contributed by atoms with Gasteiger partial charge in [-0.25, -0.2) is 4.39 Å². The minimum Gasteiger partial charge on any atom is -0.352 e. The van der Waals surface area contributed by atoms with Crippen molar-refractivity contribution in [3.8, 4) is 0 Å². The summed E-state index contributed by atoms with van der Waals surface area (Å²) in [6.07, 6.45) is 0.932. The van der Waals surface area contributed by atoms with Crippen LogP contribution in [0, 0.1) is 5.82 Å². The maximum Gasteiger partial charge on any atom is 0.243 e. The minimum atomic E-state index is -0.832. The molecule has 0 fully saturated rings. The van der Waals surface area contributed by atoms with Crippen molar-refractivity contribution in [2.24, 2.45) is 0 Å². The van der Waals surface area contributed by atoms with Crippen LogP contribution in [0.5, 0.6) is 0 Å². The molecule has 1 atom stereocenters. The van der Waals surface area contributed by atoms with Crippen molar-refractivity contribution >= 4 is 28.5 Å². The summed E-state index contributed by atoms with van der Waals surface area (Å²) in [5.74, 6) is -1.13. The van der Waals surface area contributed by atoms with E-state index >= 15 is 0 Å². The minimum absolute atomic E-state index is 0.119. The molecule has 0 aliphatic carbocycles. The molecule has 0 heterocycles. The third kappa shape index (κ3) is 8.48. The number of nitrogens with one attached hydrogen (secondary N) is 3. The molecular weight excluding hydrogens is 457 g/mol. The van der Waals surface area contributed by atoms with E-state index in [1.807, 2.05) is 63.2 Å². The van der Waals surface area contributed by atoms with Gasteiger partial charge in [0.15, 0.2) is 0 Å². The first-order valence-electron chi connectivity index (χ1n) is 12.2. The van der Waals surface area contributed by atoms with Crippen LogP contribution >= 0.6 is 0 Å². The summed E-state index contributed by atoms with van der Waals surface area (Å²) >= 11 is 0. The van der Waals surface area contributed by atoms with Gasteiger partial charge in [0.25, 0.3) is 0 Å². The van der Waals surface area contributed by atoms with Crippen molar-refractivity contribution in [3.63, 3.8) is 0 Å². The van der Waals surface area contributed by atoms with Crippen LogP contribution in [0.25, 0.3) is 10.8 Å². The van der Waals surface area contributed by atoms with Gasteiger partial charge in [0.05, 0.1) is 0 Å². The summed E-state index contributed by atoms with van der Waals surface area (Å²) in [6.45, 7) is 6.00. The number of benzene rings is 3. The Morgan fingerprint density at radius 3 is 2.25 bits per heavy atom. The molecule has 0 saturated carbocycles. The second-order valence-corrected chi connectivity index (χ2v) is 9.96. The SMILES string of the molecule is CC(C)(C)NC(=O)CCCC(=O)NC(Cc1ccc(F)cc1)C(=O)NCc1cccc2ccccc12. The fourth-order valence-corrected chi connectivity index (χ4v) is 3.97. The van der Waals surface area contributed by atoms with Gasteiger partial charge in [0.2, 0.25) is 17.7 Å². The monoisotopic (exact) mass is 491 g/mol. The standard InChI is InChI=1S/C29H34FN3O3/c1-29(2,3)33-27(35)13-7-12-26(34)32-25(18-20-14-16-23(30)17-15-20)28(36)31-19-22-10-6-9-21-8-4-5-11-24(21)22/h4-6,8-11,14-17,25H,7,12-13,18-19H2,1-3H3,(H,31,36)(H,32,34)(H,33,35). The molecule has 1 unspecified atom stereocenters. The molecule has 0 aliphatic rings. The number of carbonyl (C=O) groups is 3. The first-order valence-corrected chi connectivity index (χ1v) is 12.2. The first kappa shape index (κ1) is 26.9. The lowest BCUT2D eigenvalue weighted by Gasteiger charge is -2.21. The number of rotatable bonds is 10. The van der Waals surface area contributed by atoms with Crippen LogP contribution in [-0.2, 0) is 27.3 Å². The second-order valence-electron chi connectivity index (χ2n) is 9.96. The molecule has 190 valence electrons. The number of hydrogen-bond acceptors (Lipinski definition) is 3. The van der Waals surface area contributed by atoms with E-state index in [9.17, 15) is 18.8 Å². The molecule has 0 bridgehead atoms.